The number of hydrogen-bond acceptors (Lipinski definition) is 5. The van der Waals surface area contributed by atoms with E-state index in [0.717, 1.165) is 0 Å². The third-order valence-corrected chi connectivity index (χ3v) is 7.03. The molecule has 1 aliphatic rings. The van der Waals surface area contributed by atoms with E-state index in [1.807, 2.05) is 0 Å². The van der Waals surface area contributed by atoms with Crippen molar-refractivity contribution >= 4 is 50.8 Å². The van der Waals surface area contributed by atoms with Crippen LogP contribution in [0.1, 0.15) is 12.0 Å². The molecule has 1 aliphatic heterocycles. The molecule has 0 bridgehead atoms. The third kappa shape index (κ3) is 5.06. The van der Waals surface area contributed by atoms with E-state index >= 15 is 0 Å². The van der Waals surface area contributed by atoms with Crippen LogP contribution in [0.4, 0.5) is 0 Å². The van der Waals surface area contributed by atoms with Crippen molar-refractivity contribution in [1.29, 1.82) is 0 Å². The summed E-state index contributed by atoms with van der Waals surface area (Å²) >= 11 is 13.3. The van der Waals surface area contributed by atoms with Crippen molar-refractivity contribution < 1.29 is 17.9 Å². The smallest absolute Gasteiger partial charge is 0.316 e. The highest BCUT2D eigenvalue weighted by Crippen LogP contribution is 2.26. The third-order valence-electron chi connectivity index (χ3n) is 3.07. The largest absolute Gasteiger partial charge is 0.460 e. The van der Waals surface area contributed by atoms with Gasteiger partial charge in [0.25, 0.3) is 0 Å². The average molecular weight is 369 g/mol. The highest BCUT2D eigenvalue weighted by molar-refractivity contribution is 8.02. The van der Waals surface area contributed by atoms with Gasteiger partial charge in [-0.2, -0.15) is 0 Å². The summed E-state index contributed by atoms with van der Waals surface area (Å²) < 4.78 is 27.7. The van der Waals surface area contributed by atoms with Gasteiger partial charge in [0.2, 0.25) is 0 Å². The normalized spacial score (nSPS) is 20.4. The molecule has 1 heterocycles. The van der Waals surface area contributed by atoms with E-state index in [-0.39, 0.29) is 29.1 Å². The van der Waals surface area contributed by atoms with E-state index in [4.69, 9.17) is 27.9 Å². The van der Waals surface area contributed by atoms with Crippen LogP contribution in [0, 0.1) is 0 Å². The SMILES string of the molecule is O=C(CS[C@H]1CCS(=O)(=O)C1)OCc1c(Cl)cccc1Cl. The molecule has 0 aromatic heterocycles. The number of rotatable bonds is 5. The fraction of sp³-hybridized carbons (Fsp3) is 0.462. The second kappa shape index (κ2) is 7.22. The van der Waals surface area contributed by atoms with Gasteiger partial charge in [-0.3, -0.25) is 4.79 Å². The van der Waals surface area contributed by atoms with Gasteiger partial charge in [0.05, 0.1) is 17.3 Å². The first-order valence-corrected chi connectivity index (χ1v) is 9.90. The van der Waals surface area contributed by atoms with Gasteiger partial charge < -0.3 is 4.74 Å². The van der Waals surface area contributed by atoms with Gasteiger partial charge in [0.1, 0.15) is 6.61 Å². The van der Waals surface area contributed by atoms with Crippen LogP contribution in [0.15, 0.2) is 18.2 Å². The Balaban J connectivity index is 1.78. The first-order chi connectivity index (χ1) is 9.87. The number of ether oxygens (including phenoxy) is 1. The van der Waals surface area contributed by atoms with E-state index in [1.54, 1.807) is 18.2 Å². The topological polar surface area (TPSA) is 60.4 Å². The molecular formula is C13H14Cl2O4S2. The zero-order valence-corrected chi connectivity index (χ0v) is 14.2. The molecule has 0 N–H and O–H groups in total. The summed E-state index contributed by atoms with van der Waals surface area (Å²) in [7, 11) is -2.92. The van der Waals surface area contributed by atoms with Crippen LogP contribution < -0.4 is 0 Å². The fourth-order valence-corrected chi connectivity index (χ4v) is 5.89. The Hall–Kier alpha value is -0.430. The van der Waals surface area contributed by atoms with Gasteiger partial charge in [0, 0.05) is 20.9 Å². The van der Waals surface area contributed by atoms with E-state index in [2.05, 4.69) is 0 Å². The summed E-state index contributed by atoms with van der Waals surface area (Å²) in [6, 6.07) is 5.07. The predicted molar refractivity (Wildman–Crippen MR) is 85.8 cm³/mol. The molecule has 0 saturated carbocycles. The maximum Gasteiger partial charge on any atom is 0.316 e. The summed E-state index contributed by atoms with van der Waals surface area (Å²) in [5.41, 5.74) is 0.572. The molecule has 21 heavy (non-hydrogen) atoms. The summed E-state index contributed by atoms with van der Waals surface area (Å²) in [4.78, 5) is 11.7. The summed E-state index contributed by atoms with van der Waals surface area (Å²) in [6.07, 6.45) is 0.594. The zero-order valence-electron chi connectivity index (χ0n) is 11.1. The number of sulfone groups is 1. The standard InChI is InChI=1S/C13H14Cl2O4S2/c14-11-2-1-3-12(15)10(11)6-19-13(16)7-20-9-4-5-21(17,18)8-9/h1-3,9H,4-8H2/t9-/m0/s1. The van der Waals surface area contributed by atoms with Crippen LogP contribution in [0.3, 0.4) is 0 Å². The van der Waals surface area contributed by atoms with Gasteiger partial charge in [-0.15, -0.1) is 11.8 Å². The second-order valence-electron chi connectivity index (χ2n) is 4.70. The van der Waals surface area contributed by atoms with Crippen LogP contribution in [0.5, 0.6) is 0 Å². The lowest BCUT2D eigenvalue weighted by atomic mass is 10.2. The van der Waals surface area contributed by atoms with Gasteiger partial charge in [0.15, 0.2) is 9.84 Å². The quantitative estimate of drug-likeness (QED) is 0.747. The molecule has 8 heteroatoms. The lowest BCUT2D eigenvalue weighted by Crippen LogP contribution is -2.13. The van der Waals surface area contributed by atoms with E-state index < -0.39 is 15.8 Å². The molecule has 0 unspecified atom stereocenters. The van der Waals surface area contributed by atoms with Crippen molar-refractivity contribution in [2.24, 2.45) is 0 Å². The first kappa shape index (κ1) is 16.9. The Morgan fingerprint density at radius 3 is 2.57 bits per heavy atom. The Morgan fingerprint density at radius 1 is 1.33 bits per heavy atom. The molecule has 0 spiro atoms. The molecule has 1 aromatic carbocycles. The number of carbonyl (C=O) groups is 1. The minimum absolute atomic E-state index is 0.0147. The van der Waals surface area contributed by atoms with Gasteiger partial charge >= 0.3 is 5.97 Å². The van der Waals surface area contributed by atoms with Crippen molar-refractivity contribution in [1.82, 2.24) is 0 Å². The molecule has 4 nitrogen and oxygen atoms in total. The number of carbonyl (C=O) groups excluding carboxylic acids is 1. The highest BCUT2D eigenvalue weighted by Gasteiger charge is 2.28. The highest BCUT2D eigenvalue weighted by atomic mass is 35.5. The zero-order chi connectivity index (χ0) is 15.5. The second-order valence-corrected chi connectivity index (χ2v) is 9.03. The lowest BCUT2D eigenvalue weighted by molar-refractivity contribution is -0.141. The molecule has 1 aromatic rings. The molecule has 1 saturated heterocycles. The van der Waals surface area contributed by atoms with E-state index in [0.29, 0.717) is 22.0 Å². The maximum absolute atomic E-state index is 11.7. The molecule has 1 fully saturated rings. The van der Waals surface area contributed by atoms with Gasteiger partial charge in [-0.05, 0) is 18.6 Å². The van der Waals surface area contributed by atoms with Crippen molar-refractivity contribution in [2.45, 2.75) is 18.3 Å². The minimum atomic E-state index is -2.92. The Bertz CT molecular complexity index is 611. The molecule has 0 aliphatic carbocycles. The summed E-state index contributed by atoms with van der Waals surface area (Å²) in [5.74, 6) is 0.0682. The molecule has 116 valence electrons. The number of esters is 1. The van der Waals surface area contributed by atoms with Gasteiger partial charge in [-0.1, -0.05) is 29.3 Å². The molecule has 0 radical (unpaired) electrons. The van der Waals surface area contributed by atoms with Crippen LogP contribution in [-0.2, 0) is 26.0 Å². The summed E-state index contributed by atoms with van der Waals surface area (Å²) in [6.45, 7) is 0.0147. The fourth-order valence-electron chi connectivity index (χ4n) is 1.94. The predicted octanol–water partition coefficient (Wildman–Crippen LogP) is 2.96. The van der Waals surface area contributed by atoms with Crippen molar-refractivity contribution in [3.63, 3.8) is 0 Å². The molecule has 2 rings (SSSR count). The molecule has 0 amide bonds. The van der Waals surface area contributed by atoms with Gasteiger partial charge in [-0.25, -0.2) is 8.42 Å². The van der Waals surface area contributed by atoms with Crippen LogP contribution in [0.2, 0.25) is 10.0 Å². The van der Waals surface area contributed by atoms with E-state index in [9.17, 15) is 13.2 Å². The first-order valence-electron chi connectivity index (χ1n) is 6.28. The maximum atomic E-state index is 11.7. The molecule has 1 atom stereocenters. The lowest BCUT2D eigenvalue weighted by Gasteiger charge is -2.10. The Kier molecular flexibility index (Phi) is 5.82. The average Bonchev–Trinajstić information content (AvgIpc) is 2.75. The van der Waals surface area contributed by atoms with Crippen LogP contribution in [0.25, 0.3) is 0 Å². The monoisotopic (exact) mass is 368 g/mol. The number of thioether (sulfide) groups is 1. The van der Waals surface area contributed by atoms with Crippen molar-refractivity contribution in [2.75, 3.05) is 17.3 Å². The summed E-state index contributed by atoms with van der Waals surface area (Å²) in [5, 5.41) is 0.876. The van der Waals surface area contributed by atoms with Crippen molar-refractivity contribution in [3.05, 3.63) is 33.8 Å². The van der Waals surface area contributed by atoms with Crippen LogP contribution >= 0.6 is 35.0 Å². The Labute approximate surface area is 138 Å². The number of hydrogen-bond donors (Lipinski definition) is 0. The number of halogens is 2. The number of benzene rings is 1. The Morgan fingerprint density at radius 2 is 2.00 bits per heavy atom. The molecular weight excluding hydrogens is 355 g/mol. The van der Waals surface area contributed by atoms with Crippen LogP contribution in [-0.4, -0.2) is 36.9 Å². The van der Waals surface area contributed by atoms with E-state index in [1.165, 1.54) is 11.8 Å². The minimum Gasteiger partial charge on any atom is -0.460 e. The van der Waals surface area contributed by atoms with Crippen molar-refractivity contribution in [3.8, 4) is 0 Å².